The van der Waals surface area contributed by atoms with Gasteiger partial charge in [0.1, 0.15) is 11.8 Å². The Balaban J connectivity index is 1.44. The molecule has 10 heteroatoms. The minimum atomic E-state index is -1.05. The van der Waals surface area contributed by atoms with Gasteiger partial charge in [0.15, 0.2) is 6.61 Å². The van der Waals surface area contributed by atoms with Gasteiger partial charge in [-0.1, -0.05) is 6.07 Å². The molecule has 3 heterocycles. The predicted octanol–water partition coefficient (Wildman–Crippen LogP) is -0.808. The first-order valence-corrected chi connectivity index (χ1v) is 9.90. The quantitative estimate of drug-likeness (QED) is 0.519. The molecular weight excluding hydrogens is 392 g/mol. The molecular formula is C20H22N4O6. The standard InChI is InChI=1S/C20H22N4O6/c25-15-5-4-13(18(27)23-15)24-19(28)12-2-1-3-14(17(12)20(24)29)30-10-16(26)22-9-11-6-7-21-8-11/h1-3,11,13,21H,4-10H2,(H,22,26)(H,23,25,27). The lowest BCUT2D eigenvalue weighted by Gasteiger charge is -2.27. The summed E-state index contributed by atoms with van der Waals surface area (Å²) in [6.45, 7) is 2.05. The van der Waals surface area contributed by atoms with Gasteiger partial charge in [-0.25, -0.2) is 0 Å². The van der Waals surface area contributed by atoms with E-state index < -0.39 is 29.7 Å². The second kappa shape index (κ2) is 8.23. The molecule has 10 nitrogen and oxygen atoms in total. The largest absolute Gasteiger partial charge is 0.483 e. The first-order valence-electron chi connectivity index (χ1n) is 9.90. The maximum Gasteiger partial charge on any atom is 0.266 e. The lowest BCUT2D eigenvalue weighted by molar-refractivity contribution is -0.136. The van der Waals surface area contributed by atoms with E-state index in [1.54, 1.807) is 6.07 Å². The van der Waals surface area contributed by atoms with Gasteiger partial charge in [0.2, 0.25) is 11.8 Å². The van der Waals surface area contributed by atoms with Gasteiger partial charge in [-0.15, -0.1) is 0 Å². The fourth-order valence-corrected chi connectivity index (χ4v) is 3.95. The molecule has 3 N–H and O–H groups in total. The molecule has 3 aliphatic rings. The molecule has 1 aromatic rings. The minimum Gasteiger partial charge on any atom is -0.483 e. The maximum atomic E-state index is 13.0. The molecule has 2 saturated heterocycles. The summed E-state index contributed by atoms with van der Waals surface area (Å²) < 4.78 is 5.54. The van der Waals surface area contributed by atoms with Crippen LogP contribution < -0.4 is 20.7 Å². The summed E-state index contributed by atoms with van der Waals surface area (Å²) in [6, 6.07) is 3.48. The lowest BCUT2D eigenvalue weighted by atomic mass is 10.0. The Hall–Kier alpha value is -3.27. The van der Waals surface area contributed by atoms with Crippen LogP contribution in [0, 0.1) is 5.92 Å². The number of nitrogens with zero attached hydrogens (tertiary/aromatic N) is 1. The molecule has 3 aliphatic heterocycles. The molecule has 2 atom stereocenters. The van der Waals surface area contributed by atoms with Crippen LogP contribution in [0.1, 0.15) is 40.0 Å². The molecule has 30 heavy (non-hydrogen) atoms. The summed E-state index contributed by atoms with van der Waals surface area (Å²) in [5.41, 5.74) is 0.139. The van der Waals surface area contributed by atoms with Crippen molar-refractivity contribution in [2.45, 2.75) is 25.3 Å². The molecule has 0 saturated carbocycles. The number of rotatable bonds is 6. The molecule has 0 aromatic heterocycles. The second-order valence-electron chi connectivity index (χ2n) is 7.58. The molecule has 4 rings (SSSR count). The van der Waals surface area contributed by atoms with Crippen molar-refractivity contribution in [1.82, 2.24) is 20.9 Å². The lowest BCUT2D eigenvalue weighted by Crippen LogP contribution is -2.54. The highest BCUT2D eigenvalue weighted by molar-refractivity contribution is 6.24. The SMILES string of the molecule is O=C(COc1cccc2c1C(=O)N(C1CCC(=O)NC1=O)C2=O)NCC1CCNC1. The van der Waals surface area contributed by atoms with Crippen LogP contribution in [0.4, 0.5) is 0 Å². The van der Waals surface area contributed by atoms with E-state index in [1.165, 1.54) is 12.1 Å². The van der Waals surface area contributed by atoms with Crippen molar-refractivity contribution >= 4 is 29.5 Å². The zero-order valence-corrected chi connectivity index (χ0v) is 16.2. The van der Waals surface area contributed by atoms with Crippen LogP contribution in [0.5, 0.6) is 5.75 Å². The van der Waals surface area contributed by atoms with Gasteiger partial charge in [-0.05, 0) is 44.0 Å². The van der Waals surface area contributed by atoms with Crippen molar-refractivity contribution in [1.29, 1.82) is 0 Å². The fraction of sp³-hybridized carbons (Fsp3) is 0.450. The number of benzene rings is 1. The van der Waals surface area contributed by atoms with Gasteiger partial charge in [-0.2, -0.15) is 0 Å². The highest BCUT2D eigenvalue weighted by atomic mass is 16.5. The third kappa shape index (κ3) is 3.78. The summed E-state index contributed by atoms with van der Waals surface area (Å²) >= 11 is 0. The molecule has 0 spiro atoms. The number of imide groups is 2. The molecule has 1 aromatic carbocycles. The van der Waals surface area contributed by atoms with Crippen molar-refractivity contribution in [2.75, 3.05) is 26.2 Å². The van der Waals surface area contributed by atoms with E-state index in [4.69, 9.17) is 4.74 Å². The predicted molar refractivity (Wildman–Crippen MR) is 103 cm³/mol. The zero-order valence-electron chi connectivity index (χ0n) is 16.2. The highest BCUT2D eigenvalue weighted by Gasteiger charge is 2.46. The van der Waals surface area contributed by atoms with Gasteiger partial charge >= 0.3 is 0 Å². The summed E-state index contributed by atoms with van der Waals surface area (Å²) in [5.74, 6) is -2.22. The average molecular weight is 414 g/mol. The van der Waals surface area contributed by atoms with Crippen molar-refractivity contribution in [3.8, 4) is 5.75 Å². The second-order valence-corrected chi connectivity index (χ2v) is 7.58. The summed E-state index contributed by atoms with van der Waals surface area (Å²) in [6.07, 6.45) is 1.12. The molecule has 0 bridgehead atoms. The Bertz CT molecular complexity index is 924. The molecule has 5 amide bonds. The summed E-state index contributed by atoms with van der Waals surface area (Å²) in [7, 11) is 0. The topological polar surface area (TPSA) is 134 Å². The van der Waals surface area contributed by atoms with Crippen LogP contribution in [0.15, 0.2) is 18.2 Å². The number of hydrogen-bond acceptors (Lipinski definition) is 7. The molecule has 2 fully saturated rings. The maximum absolute atomic E-state index is 13.0. The van der Waals surface area contributed by atoms with Crippen LogP contribution in [0.2, 0.25) is 0 Å². The van der Waals surface area contributed by atoms with Crippen molar-refractivity contribution in [3.63, 3.8) is 0 Å². The number of fused-ring (bicyclic) bond motifs is 1. The van der Waals surface area contributed by atoms with Gasteiger partial charge in [0.25, 0.3) is 17.7 Å². The zero-order chi connectivity index (χ0) is 21.3. The van der Waals surface area contributed by atoms with Crippen LogP contribution in [-0.4, -0.2) is 66.7 Å². The Kier molecular flexibility index (Phi) is 5.49. The van der Waals surface area contributed by atoms with E-state index in [9.17, 15) is 24.0 Å². The molecule has 158 valence electrons. The van der Waals surface area contributed by atoms with Gasteiger partial charge in [0.05, 0.1) is 11.1 Å². The highest BCUT2D eigenvalue weighted by Crippen LogP contribution is 2.33. The van der Waals surface area contributed by atoms with Gasteiger partial charge in [-0.3, -0.25) is 34.2 Å². The summed E-state index contributed by atoms with van der Waals surface area (Å²) in [5, 5.41) is 8.18. The van der Waals surface area contributed by atoms with E-state index >= 15 is 0 Å². The average Bonchev–Trinajstić information content (AvgIpc) is 3.33. The van der Waals surface area contributed by atoms with E-state index in [0.29, 0.717) is 12.5 Å². The first-order chi connectivity index (χ1) is 14.5. The summed E-state index contributed by atoms with van der Waals surface area (Å²) in [4.78, 5) is 62.2. The van der Waals surface area contributed by atoms with Crippen molar-refractivity contribution in [3.05, 3.63) is 29.3 Å². The third-order valence-corrected chi connectivity index (χ3v) is 5.54. The third-order valence-electron chi connectivity index (χ3n) is 5.54. The van der Waals surface area contributed by atoms with Crippen LogP contribution in [0.3, 0.4) is 0 Å². The number of piperidine rings is 1. The van der Waals surface area contributed by atoms with E-state index in [-0.39, 0.29) is 42.2 Å². The Labute approximate surface area is 172 Å². The normalized spacial score (nSPS) is 23.4. The van der Waals surface area contributed by atoms with E-state index in [0.717, 1.165) is 24.4 Å². The van der Waals surface area contributed by atoms with Gasteiger partial charge < -0.3 is 15.4 Å². The van der Waals surface area contributed by atoms with Gasteiger partial charge in [0, 0.05) is 13.0 Å². The number of carbonyl (C=O) groups is 5. The molecule has 0 radical (unpaired) electrons. The van der Waals surface area contributed by atoms with E-state index in [2.05, 4.69) is 16.0 Å². The Morgan fingerprint density at radius 1 is 1.17 bits per heavy atom. The number of hydrogen-bond donors (Lipinski definition) is 3. The van der Waals surface area contributed by atoms with Crippen LogP contribution in [0.25, 0.3) is 0 Å². The molecule has 0 aliphatic carbocycles. The van der Waals surface area contributed by atoms with Crippen molar-refractivity contribution in [2.24, 2.45) is 5.92 Å². The number of amides is 5. The Morgan fingerprint density at radius 2 is 2.00 bits per heavy atom. The van der Waals surface area contributed by atoms with Crippen molar-refractivity contribution < 1.29 is 28.7 Å². The fourth-order valence-electron chi connectivity index (χ4n) is 3.95. The minimum absolute atomic E-state index is 0.0278. The van der Waals surface area contributed by atoms with E-state index in [1.807, 2.05) is 0 Å². The smallest absolute Gasteiger partial charge is 0.266 e. The number of ether oxygens (including phenoxy) is 1. The van der Waals surface area contributed by atoms with Crippen LogP contribution in [-0.2, 0) is 14.4 Å². The number of carbonyl (C=O) groups excluding carboxylic acids is 5. The molecule has 2 unspecified atom stereocenters. The number of nitrogens with one attached hydrogen (secondary N) is 3. The monoisotopic (exact) mass is 414 g/mol. The Morgan fingerprint density at radius 3 is 2.73 bits per heavy atom. The first kappa shape index (κ1) is 20.0. The van der Waals surface area contributed by atoms with Crippen LogP contribution >= 0.6 is 0 Å².